The zero-order valence-corrected chi connectivity index (χ0v) is 6.75. The Morgan fingerprint density at radius 3 is 2.70 bits per heavy atom. The molecule has 1 heterocycles. The van der Waals surface area contributed by atoms with Crippen LogP contribution in [0.3, 0.4) is 0 Å². The van der Waals surface area contributed by atoms with Crippen LogP contribution in [-0.4, -0.2) is 12.5 Å². The maximum atomic E-state index is 11.4. The van der Waals surface area contributed by atoms with Crippen LogP contribution in [0.1, 0.15) is 0 Å². The molecule has 0 aliphatic carbocycles. The highest BCUT2D eigenvalue weighted by Crippen LogP contribution is 2.11. The summed E-state index contributed by atoms with van der Waals surface area (Å²) in [4.78, 5) is 0. The molecule has 1 aliphatic heterocycles. The molecule has 1 rings (SSSR count). The van der Waals surface area contributed by atoms with Gasteiger partial charge in [0.25, 0.3) is 0 Å². The molecule has 0 N–H and O–H groups in total. The highest BCUT2D eigenvalue weighted by molar-refractivity contribution is 14.1. The molecule has 0 aromatic rings. The smallest absolute Gasteiger partial charge is 0.388 e. The number of nitrogens with zero attached hydrogens (tertiary/aromatic N) is 2. The maximum Gasteiger partial charge on any atom is 0.388 e. The van der Waals surface area contributed by atoms with Gasteiger partial charge in [-0.25, -0.2) is 0 Å². The highest BCUT2D eigenvalue weighted by atomic mass is 127. The van der Waals surface area contributed by atoms with Crippen molar-refractivity contribution in [2.75, 3.05) is 0 Å². The first-order valence-electron chi connectivity index (χ1n) is 2.29. The normalized spacial score (nSPS) is 16.4. The van der Waals surface area contributed by atoms with E-state index < -0.39 is 6.61 Å². The van der Waals surface area contributed by atoms with Gasteiger partial charge in [-0.15, -0.1) is 10.5 Å². The maximum absolute atomic E-state index is 11.4. The van der Waals surface area contributed by atoms with E-state index in [9.17, 15) is 8.78 Å². The van der Waals surface area contributed by atoms with Gasteiger partial charge in [-0.3, -0.25) is 0 Å². The molecule has 1 radical (unpaired) electrons. The second-order valence-electron chi connectivity index (χ2n) is 1.38. The van der Waals surface area contributed by atoms with Crippen molar-refractivity contribution in [2.45, 2.75) is 6.61 Å². The van der Waals surface area contributed by atoms with Crippen molar-refractivity contribution in [3.63, 3.8) is 0 Å². The summed E-state index contributed by atoms with van der Waals surface area (Å²) in [6.07, 6.45) is 1.33. The SMILES string of the molecule is FC(F)OC1=N[N]C(I)=C1. The first-order valence-corrected chi connectivity index (χ1v) is 3.37. The Kier molecular flexibility index (Phi) is 2.41. The molecule has 0 fully saturated rings. The third-order valence-electron chi connectivity index (χ3n) is 0.697. The standard InChI is InChI=1S/C4H2F2IN2O/c5-4(6)10-3-1-2(7)8-9-3/h1,4H. The average molecular weight is 259 g/mol. The molecule has 0 saturated heterocycles. The zero-order valence-electron chi connectivity index (χ0n) is 4.59. The Bertz CT molecular complexity index is 192. The predicted octanol–water partition coefficient (Wildman–Crippen LogP) is 1.43. The Balaban J connectivity index is 2.44. The number of ether oxygens (including phenoxy) is 1. The third-order valence-corrected chi connectivity index (χ3v) is 1.22. The molecule has 10 heavy (non-hydrogen) atoms. The van der Waals surface area contributed by atoms with E-state index in [1.165, 1.54) is 6.08 Å². The lowest BCUT2D eigenvalue weighted by Gasteiger charge is -1.97. The molecule has 0 saturated carbocycles. The van der Waals surface area contributed by atoms with Crippen molar-refractivity contribution in [2.24, 2.45) is 5.10 Å². The summed E-state index contributed by atoms with van der Waals surface area (Å²) in [5.74, 6) is -0.139. The van der Waals surface area contributed by atoms with Crippen LogP contribution in [0.2, 0.25) is 0 Å². The van der Waals surface area contributed by atoms with Gasteiger partial charge in [0, 0.05) is 6.08 Å². The van der Waals surface area contributed by atoms with Gasteiger partial charge in [0.1, 0.15) is 3.70 Å². The van der Waals surface area contributed by atoms with E-state index in [0.29, 0.717) is 3.70 Å². The molecule has 0 aromatic heterocycles. The summed E-state index contributed by atoms with van der Waals surface area (Å²) in [5.41, 5.74) is 3.45. The fraction of sp³-hybridized carbons (Fsp3) is 0.250. The topological polar surface area (TPSA) is 35.7 Å². The van der Waals surface area contributed by atoms with Crippen LogP contribution < -0.4 is 5.43 Å². The minimum atomic E-state index is -2.83. The van der Waals surface area contributed by atoms with Crippen LogP contribution in [-0.2, 0) is 4.74 Å². The molecule has 1 aliphatic rings. The molecule has 0 unspecified atom stereocenters. The lowest BCUT2D eigenvalue weighted by atomic mass is 10.6. The van der Waals surface area contributed by atoms with Crippen LogP contribution in [0.25, 0.3) is 0 Å². The Morgan fingerprint density at radius 1 is 1.60 bits per heavy atom. The van der Waals surface area contributed by atoms with Crippen LogP contribution in [0.4, 0.5) is 8.78 Å². The summed E-state index contributed by atoms with van der Waals surface area (Å²) in [6.45, 7) is -2.83. The van der Waals surface area contributed by atoms with Gasteiger partial charge in [-0.1, -0.05) is 0 Å². The molecule has 0 bridgehead atoms. The van der Waals surface area contributed by atoms with E-state index in [2.05, 4.69) is 15.3 Å². The molecular weight excluding hydrogens is 257 g/mol. The Morgan fingerprint density at radius 2 is 2.30 bits per heavy atom. The molecule has 6 heteroatoms. The molecule has 3 nitrogen and oxygen atoms in total. The van der Waals surface area contributed by atoms with Crippen molar-refractivity contribution in [3.8, 4) is 0 Å². The lowest BCUT2D eigenvalue weighted by Crippen LogP contribution is -2.04. The third kappa shape index (κ3) is 2.09. The molecular formula is C4H2F2IN2O. The number of halogens is 3. The van der Waals surface area contributed by atoms with Crippen LogP contribution >= 0.6 is 22.6 Å². The number of hydrogen-bond acceptors (Lipinski definition) is 2. The molecule has 0 amide bonds. The van der Waals surface area contributed by atoms with E-state index in [1.807, 2.05) is 22.6 Å². The minimum absolute atomic E-state index is 0.139. The monoisotopic (exact) mass is 259 g/mol. The average Bonchev–Trinajstić information content (AvgIpc) is 2.13. The van der Waals surface area contributed by atoms with Crippen molar-refractivity contribution in [3.05, 3.63) is 9.78 Å². The van der Waals surface area contributed by atoms with Gasteiger partial charge < -0.3 is 4.74 Å². The van der Waals surface area contributed by atoms with Crippen LogP contribution in [0.5, 0.6) is 0 Å². The van der Waals surface area contributed by atoms with Crippen molar-refractivity contribution < 1.29 is 13.5 Å². The summed E-state index contributed by atoms with van der Waals surface area (Å²) in [5, 5.41) is 3.30. The van der Waals surface area contributed by atoms with Crippen molar-refractivity contribution in [1.29, 1.82) is 0 Å². The molecule has 0 aromatic carbocycles. The number of hydrogen-bond donors (Lipinski definition) is 0. The quantitative estimate of drug-likeness (QED) is 0.518. The highest BCUT2D eigenvalue weighted by Gasteiger charge is 2.12. The van der Waals surface area contributed by atoms with Crippen LogP contribution in [0, 0.1) is 0 Å². The van der Waals surface area contributed by atoms with Gasteiger partial charge in [-0.2, -0.15) is 8.78 Å². The van der Waals surface area contributed by atoms with Gasteiger partial charge in [0.15, 0.2) is 0 Å². The van der Waals surface area contributed by atoms with Gasteiger partial charge in [0.2, 0.25) is 5.90 Å². The largest absolute Gasteiger partial charge is 0.415 e. The van der Waals surface area contributed by atoms with Crippen molar-refractivity contribution >= 4 is 28.5 Å². The summed E-state index contributed by atoms with van der Waals surface area (Å²) < 4.78 is 27.3. The van der Waals surface area contributed by atoms with E-state index in [-0.39, 0.29) is 5.90 Å². The fourth-order valence-electron chi connectivity index (χ4n) is 0.406. The van der Waals surface area contributed by atoms with Gasteiger partial charge in [-0.05, 0) is 22.6 Å². The second-order valence-corrected chi connectivity index (χ2v) is 2.49. The lowest BCUT2D eigenvalue weighted by molar-refractivity contribution is -0.0593. The molecule has 55 valence electrons. The van der Waals surface area contributed by atoms with E-state index in [1.54, 1.807) is 0 Å². The Labute approximate surface area is 69.3 Å². The van der Waals surface area contributed by atoms with E-state index in [0.717, 1.165) is 0 Å². The summed E-state index contributed by atoms with van der Waals surface area (Å²) >= 11 is 1.85. The van der Waals surface area contributed by atoms with Gasteiger partial charge in [0.05, 0.1) is 0 Å². The molecule has 0 atom stereocenters. The summed E-state index contributed by atoms with van der Waals surface area (Å²) in [7, 11) is 0. The first-order chi connectivity index (χ1) is 4.68. The predicted molar refractivity (Wildman–Crippen MR) is 38.8 cm³/mol. The van der Waals surface area contributed by atoms with Gasteiger partial charge >= 0.3 is 6.61 Å². The van der Waals surface area contributed by atoms with E-state index >= 15 is 0 Å². The number of alkyl halides is 2. The second kappa shape index (κ2) is 3.13. The van der Waals surface area contributed by atoms with Crippen molar-refractivity contribution in [1.82, 2.24) is 5.43 Å². The van der Waals surface area contributed by atoms with Crippen LogP contribution in [0.15, 0.2) is 14.9 Å². The fourth-order valence-corrected chi connectivity index (χ4v) is 0.780. The first kappa shape index (κ1) is 7.70. The Hall–Kier alpha value is -0.400. The van der Waals surface area contributed by atoms with E-state index in [4.69, 9.17) is 0 Å². The molecule has 0 spiro atoms. The number of rotatable bonds is 1. The minimum Gasteiger partial charge on any atom is -0.415 e. The summed E-state index contributed by atoms with van der Waals surface area (Å²) in [6, 6.07) is 0. The zero-order chi connectivity index (χ0) is 7.56.